The molecule has 1 rings (SSSR count). The van der Waals surface area contributed by atoms with Crippen LogP contribution in [-0.2, 0) is 11.3 Å². The van der Waals surface area contributed by atoms with Crippen molar-refractivity contribution in [2.45, 2.75) is 26.4 Å². The van der Waals surface area contributed by atoms with E-state index in [4.69, 9.17) is 9.84 Å². The summed E-state index contributed by atoms with van der Waals surface area (Å²) in [5, 5.41) is 12.0. The molecule has 0 aliphatic rings. The number of hydrogen-bond acceptors (Lipinski definition) is 4. The van der Waals surface area contributed by atoms with E-state index < -0.39 is 11.9 Å². The topological polar surface area (TPSA) is 71.5 Å². The van der Waals surface area contributed by atoms with E-state index in [9.17, 15) is 4.79 Å². The lowest BCUT2D eigenvalue weighted by atomic mass is 10.0. The maximum absolute atomic E-state index is 10.8. The van der Waals surface area contributed by atoms with E-state index in [1.54, 1.807) is 26.3 Å². The lowest BCUT2D eigenvalue weighted by Gasteiger charge is -2.17. The number of nitrogens with one attached hydrogen (secondary N) is 1. The van der Waals surface area contributed by atoms with Gasteiger partial charge in [0, 0.05) is 24.8 Å². The van der Waals surface area contributed by atoms with E-state index in [1.807, 2.05) is 13.0 Å². The number of ether oxygens (including phenoxy) is 1. The zero-order valence-corrected chi connectivity index (χ0v) is 10.3. The van der Waals surface area contributed by atoms with Crippen molar-refractivity contribution in [3.8, 4) is 5.88 Å². The zero-order valence-electron chi connectivity index (χ0n) is 10.3. The Labute approximate surface area is 101 Å². The van der Waals surface area contributed by atoms with E-state index in [0.717, 1.165) is 5.56 Å². The second-order valence-corrected chi connectivity index (χ2v) is 4.01. The molecule has 1 heterocycles. The van der Waals surface area contributed by atoms with Gasteiger partial charge in [0.15, 0.2) is 0 Å². The van der Waals surface area contributed by atoms with Gasteiger partial charge in [-0.2, -0.15) is 0 Å². The third-order valence-corrected chi connectivity index (χ3v) is 2.77. The third-order valence-electron chi connectivity index (χ3n) is 2.77. The monoisotopic (exact) mass is 238 g/mol. The molecule has 0 aliphatic heterocycles. The van der Waals surface area contributed by atoms with Crippen LogP contribution >= 0.6 is 0 Å². The summed E-state index contributed by atoms with van der Waals surface area (Å²) in [5.74, 6) is -0.639. The number of methoxy groups -OCH3 is 1. The number of aliphatic carboxylic acids is 1. The van der Waals surface area contributed by atoms with Crippen LogP contribution in [0.2, 0.25) is 0 Å². The second kappa shape index (κ2) is 6.20. The SMILES string of the molecule is COc1ccc(CNC(C)C(C)C(=O)O)cn1. The number of nitrogens with zero attached hydrogens (tertiary/aromatic N) is 1. The minimum atomic E-state index is -0.794. The summed E-state index contributed by atoms with van der Waals surface area (Å²) >= 11 is 0. The Balaban J connectivity index is 2.47. The highest BCUT2D eigenvalue weighted by Gasteiger charge is 2.18. The van der Waals surface area contributed by atoms with Gasteiger partial charge in [-0.1, -0.05) is 13.0 Å². The lowest BCUT2D eigenvalue weighted by molar-refractivity contribution is -0.141. The highest BCUT2D eigenvalue weighted by Crippen LogP contribution is 2.08. The Hall–Kier alpha value is -1.62. The van der Waals surface area contributed by atoms with E-state index in [0.29, 0.717) is 12.4 Å². The standard InChI is InChI=1S/C12H18N2O3/c1-8(12(15)16)9(2)13-6-10-4-5-11(17-3)14-7-10/h4-5,7-9,13H,6H2,1-3H3,(H,15,16). The van der Waals surface area contributed by atoms with E-state index in [1.165, 1.54) is 0 Å². The quantitative estimate of drug-likeness (QED) is 0.781. The van der Waals surface area contributed by atoms with Gasteiger partial charge in [-0.25, -0.2) is 4.98 Å². The molecule has 0 aromatic carbocycles. The van der Waals surface area contributed by atoms with Crippen LogP contribution in [0.15, 0.2) is 18.3 Å². The number of rotatable bonds is 6. The maximum atomic E-state index is 10.8. The van der Waals surface area contributed by atoms with E-state index in [-0.39, 0.29) is 6.04 Å². The van der Waals surface area contributed by atoms with Gasteiger partial charge in [0.05, 0.1) is 13.0 Å². The molecule has 1 aromatic heterocycles. The van der Waals surface area contributed by atoms with Crippen LogP contribution in [0.5, 0.6) is 5.88 Å². The molecule has 0 saturated heterocycles. The number of carbonyl (C=O) groups is 1. The van der Waals surface area contributed by atoms with Crippen LogP contribution in [0.1, 0.15) is 19.4 Å². The first kappa shape index (κ1) is 13.4. The maximum Gasteiger partial charge on any atom is 0.307 e. The molecule has 2 atom stereocenters. The average molecular weight is 238 g/mol. The molecule has 0 radical (unpaired) electrons. The molecule has 0 amide bonds. The molecule has 94 valence electrons. The van der Waals surface area contributed by atoms with Crippen LogP contribution < -0.4 is 10.1 Å². The Bertz CT molecular complexity index is 365. The molecule has 2 N–H and O–H groups in total. The fourth-order valence-corrected chi connectivity index (χ4v) is 1.31. The van der Waals surface area contributed by atoms with Crippen molar-refractivity contribution in [2.75, 3.05) is 7.11 Å². The van der Waals surface area contributed by atoms with Crippen molar-refractivity contribution in [3.63, 3.8) is 0 Å². The molecule has 1 aromatic rings. The molecule has 0 bridgehead atoms. The van der Waals surface area contributed by atoms with Crippen molar-refractivity contribution in [1.29, 1.82) is 0 Å². The summed E-state index contributed by atoms with van der Waals surface area (Å²) in [5.41, 5.74) is 0.996. The summed E-state index contributed by atoms with van der Waals surface area (Å²) in [4.78, 5) is 14.8. The van der Waals surface area contributed by atoms with Gasteiger partial charge in [-0.05, 0) is 12.5 Å². The average Bonchev–Trinajstić information content (AvgIpc) is 2.35. The molecule has 5 nitrogen and oxygen atoms in total. The molecule has 0 fully saturated rings. The fourth-order valence-electron chi connectivity index (χ4n) is 1.31. The Kier molecular flexibility index (Phi) is 4.90. The van der Waals surface area contributed by atoms with Gasteiger partial charge >= 0.3 is 5.97 Å². The van der Waals surface area contributed by atoms with Crippen molar-refractivity contribution in [1.82, 2.24) is 10.3 Å². The van der Waals surface area contributed by atoms with Crippen molar-refractivity contribution < 1.29 is 14.6 Å². The van der Waals surface area contributed by atoms with Crippen LogP contribution in [0.4, 0.5) is 0 Å². The van der Waals surface area contributed by atoms with E-state index >= 15 is 0 Å². The molecule has 2 unspecified atom stereocenters. The Morgan fingerprint density at radius 2 is 2.24 bits per heavy atom. The van der Waals surface area contributed by atoms with Crippen molar-refractivity contribution in [3.05, 3.63) is 23.9 Å². The number of aromatic nitrogens is 1. The highest BCUT2D eigenvalue weighted by molar-refractivity contribution is 5.70. The van der Waals surface area contributed by atoms with Crippen molar-refractivity contribution in [2.24, 2.45) is 5.92 Å². The highest BCUT2D eigenvalue weighted by atomic mass is 16.5. The molecule has 0 spiro atoms. The summed E-state index contributed by atoms with van der Waals surface area (Å²) in [6.45, 7) is 4.14. The van der Waals surface area contributed by atoms with Gasteiger partial charge in [0.1, 0.15) is 0 Å². The second-order valence-electron chi connectivity index (χ2n) is 4.01. The van der Waals surface area contributed by atoms with Crippen LogP contribution in [0.25, 0.3) is 0 Å². The van der Waals surface area contributed by atoms with Crippen molar-refractivity contribution >= 4 is 5.97 Å². The number of pyridine rings is 1. The van der Waals surface area contributed by atoms with E-state index in [2.05, 4.69) is 10.3 Å². The Morgan fingerprint density at radius 3 is 2.71 bits per heavy atom. The van der Waals surface area contributed by atoms with Gasteiger partial charge in [0.2, 0.25) is 5.88 Å². The predicted molar refractivity (Wildman–Crippen MR) is 63.9 cm³/mol. The fraction of sp³-hybridized carbons (Fsp3) is 0.500. The third kappa shape index (κ3) is 4.03. The lowest BCUT2D eigenvalue weighted by Crippen LogP contribution is -2.35. The number of carboxylic acids is 1. The van der Waals surface area contributed by atoms with Crippen LogP contribution in [-0.4, -0.2) is 29.2 Å². The largest absolute Gasteiger partial charge is 0.481 e. The summed E-state index contributed by atoms with van der Waals surface area (Å²) in [7, 11) is 1.57. The molecule has 17 heavy (non-hydrogen) atoms. The number of hydrogen-bond donors (Lipinski definition) is 2. The smallest absolute Gasteiger partial charge is 0.307 e. The predicted octanol–water partition coefficient (Wildman–Crippen LogP) is 1.29. The van der Waals surface area contributed by atoms with Gasteiger partial charge in [0.25, 0.3) is 0 Å². The molecular formula is C12H18N2O3. The minimum absolute atomic E-state index is 0.0883. The summed E-state index contributed by atoms with van der Waals surface area (Å²) in [6, 6.07) is 3.59. The van der Waals surface area contributed by atoms with Gasteiger partial charge < -0.3 is 15.2 Å². The normalized spacial score (nSPS) is 14.1. The van der Waals surface area contributed by atoms with Gasteiger partial charge in [-0.15, -0.1) is 0 Å². The van der Waals surface area contributed by atoms with Gasteiger partial charge in [-0.3, -0.25) is 4.79 Å². The summed E-state index contributed by atoms with van der Waals surface area (Å²) < 4.78 is 4.96. The molecule has 0 saturated carbocycles. The molecule has 0 aliphatic carbocycles. The summed E-state index contributed by atoms with van der Waals surface area (Å²) in [6.07, 6.45) is 1.71. The first-order chi connectivity index (χ1) is 8.04. The minimum Gasteiger partial charge on any atom is -0.481 e. The molecule has 5 heteroatoms. The first-order valence-electron chi connectivity index (χ1n) is 5.49. The number of carboxylic acid groups (broad SMARTS) is 1. The first-order valence-corrected chi connectivity index (χ1v) is 5.49. The van der Waals surface area contributed by atoms with Crippen LogP contribution in [0, 0.1) is 5.92 Å². The zero-order chi connectivity index (χ0) is 12.8. The molecular weight excluding hydrogens is 220 g/mol. The van der Waals surface area contributed by atoms with Crippen LogP contribution in [0.3, 0.4) is 0 Å². The Morgan fingerprint density at radius 1 is 1.53 bits per heavy atom.